The fourth-order valence-electron chi connectivity index (χ4n) is 3.38. The van der Waals surface area contributed by atoms with Crippen molar-refractivity contribution in [1.82, 2.24) is 15.5 Å². The van der Waals surface area contributed by atoms with E-state index >= 15 is 0 Å². The molecule has 0 saturated heterocycles. The Hall–Kier alpha value is -3.71. The molecule has 152 valence electrons. The molecule has 1 heterocycles. The Kier molecular flexibility index (Phi) is 5.45. The number of hydrogen-bond acceptors (Lipinski definition) is 4. The lowest BCUT2D eigenvalue weighted by molar-refractivity contribution is 0.0938. The molecule has 6 nitrogen and oxygen atoms in total. The average molecular weight is 404 g/mol. The normalized spacial score (nSPS) is 12.0. The summed E-state index contributed by atoms with van der Waals surface area (Å²) in [4.78, 5) is 12.9. The smallest absolute Gasteiger partial charge is 0.251 e. The molecular weight excluding hydrogens is 383 g/mol. The van der Waals surface area contributed by atoms with Gasteiger partial charge in [-0.3, -0.25) is 9.89 Å². The van der Waals surface area contributed by atoms with E-state index < -0.39 is 5.95 Å². The van der Waals surface area contributed by atoms with Gasteiger partial charge in [-0.15, -0.1) is 5.10 Å². The highest BCUT2D eigenvalue weighted by Gasteiger charge is 2.16. The number of carbonyl (C=O) groups excluding carboxylic acids is 1. The number of halogens is 1. The van der Waals surface area contributed by atoms with E-state index in [2.05, 4.69) is 15.5 Å². The molecule has 0 saturated carbocycles. The van der Waals surface area contributed by atoms with Crippen LogP contribution >= 0.6 is 0 Å². The third-order valence-corrected chi connectivity index (χ3v) is 5.01. The van der Waals surface area contributed by atoms with E-state index in [-0.39, 0.29) is 18.5 Å². The molecule has 30 heavy (non-hydrogen) atoms. The van der Waals surface area contributed by atoms with E-state index in [1.165, 1.54) is 0 Å². The van der Waals surface area contributed by atoms with Gasteiger partial charge >= 0.3 is 0 Å². The minimum absolute atomic E-state index is 0.245. The Balaban J connectivity index is 1.59. The molecule has 1 aromatic heterocycles. The number of carbonyl (C=O) groups is 1. The molecule has 1 amide bonds. The highest BCUT2D eigenvalue weighted by atomic mass is 19.1. The second-order valence-electron chi connectivity index (χ2n) is 6.89. The maximum absolute atomic E-state index is 13.8. The molecule has 3 aromatic carbocycles. The number of nitrogens with two attached hydrogens (primary N) is 1. The zero-order valence-electron chi connectivity index (χ0n) is 16.4. The first-order chi connectivity index (χ1) is 14.6. The molecule has 1 atom stereocenters. The van der Waals surface area contributed by atoms with Gasteiger partial charge in [-0.25, -0.2) is 0 Å². The summed E-state index contributed by atoms with van der Waals surface area (Å²) >= 11 is 0. The van der Waals surface area contributed by atoms with Gasteiger partial charge in [0.1, 0.15) is 5.75 Å². The van der Waals surface area contributed by atoms with Gasteiger partial charge in [-0.1, -0.05) is 30.3 Å². The monoisotopic (exact) mass is 404 g/mol. The molecule has 0 aliphatic heterocycles. The number of fused-ring (bicyclic) bond motifs is 1. The first-order valence-corrected chi connectivity index (χ1v) is 9.48. The van der Waals surface area contributed by atoms with Crippen molar-refractivity contribution in [1.29, 1.82) is 0 Å². The lowest BCUT2D eigenvalue weighted by Gasteiger charge is -2.18. The predicted octanol–water partition coefficient (Wildman–Crippen LogP) is 3.81. The lowest BCUT2D eigenvalue weighted by Crippen LogP contribution is -2.33. The Morgan fingerprint density at radius 3 is 2.73 bits per heavy atom. The summed E-state index contributed by atoms with van der Waals surface area (Å²) in [5.41, 5.74) is 9.46. The fourth-order valence-corrected chi connectivity index (χ4v) is 3.38. The largest absolute Gasteiger partial charge is 0.497 e. The SMILES string of the molecule is COc1cccc([C@@H](CN)NC(=O)c2cccc(-c3ccc4[nH]nc(F)c4c3)c2)c1. The molecule has 4 N–H and O–H groups in total. The van der Waals surface area contributed by atoms with Crippen LogP contribution < -0.4 is 15.8 Å². The summed E-state index contributed by atoms with van der Waals surface area (Å²) in [6.45, 7) is 0.245. The van der Waals surface area contributed by atoms with Crippen molar-refractivity contribution in [2.45, 2.75) is 6.04 Å². The molecular formula is C23H21FN4O2. The molecule has 4 aromatic rings. The zero-order chi connectivity index (χ0) is 21.1. The van der Waals surface area contributed by atoms with E-state index in [1.54, 1.807) is 37.4 Å². The number of benzene rings is 3. The summed E-state index contributed by atoms with van der Waals surface area (Å²) in [7, 11) is 1.59. The number of aromatic amines is 1. The minimum Gasteiger partial charge on any atom is -0.497 e. The topological polar surface area (TPSA) is 93.0 Å². The van der Waals surface area contributed by atoms with Gasteiger partial charge in [0.15, 0.2) is 0 Å². The van der Waals surface area contributed by atoms with E-state index in [0.29, 0.717) is 22.2 Å². The Bertz CT molecular complexity index is 1200. The molecule has 0 aliphatic carbocycles. The van der Waals surface area contributed by atoms with Crippen LogP contribution in [0.3, 0.4) is 0 Å². The van der Waals surface area contributed by atoms with Crippen molar-refractivity contribution >= 4 is 16.8 Å². The van der Waals surface area contributed by atoms with Gasteiger partial charge in [-0.05, 0) is 53.1 Å². The Labute approximate surface area is 172 Å². The number of methoxy groups -OCH3 is 1. The van der Waals surface area contributed by atoms with E-state index in [4.69, 9.17) is 10.5 Å². The van der Waals surface area contributed by atoms with Crippen LogP contribution in [0.2, 0.25) is 0 Å². The number of H-pyrrole nitrogens is 1. The maximum Gasteiger partial charge on any atom is 0.251 e. The number of amides is 1. The van der Waals surface area contributed by atoms with Crippen LogP contribution in [0.5, 0.6) is 5.75 Å². The first kappa shape index (κ1) is 19.6. The number of nitrogens with zero attached hydrogens (tertiary/aromatic N) is 1. The van der Waals surface area contributed by atoms with Crippen LogP contribution in [-0.4, -0.2) is 29.8 Å². The molecule has 0 bridgehead atoms. The number of nitrogens with one attached hydrogen (secondary N) is 2. The van der Waals surface area contributed by atoms with Crippen LogP contribution in [-0.2, 0) is 0 Å². The molecule has 4 rings (SSSR count). The van der Waals surface area contributed by atoms with Crippen molar-refractivity contribution in [2.75, 3.05) is 13.7 Å². The van der Waals surface area contributed by atoms with E-state index in [0.717, 1.165) is 16.7 Å². The van der Waals surface area contributed by atoms with Crippen LogP contribution in [0.25, 0.3) is 22.0 Å². The highest BCUT2D eigenvalue weighted by molar-refractivity contribution is 5.96. The van der Waals surface area contributed by atoms with Gasteiger partial charge in [0.25, 0.3) is 5.91 Å². The van der Waals surface area contributed by atoms with Crippen molar-refractivity contribution in [2.24, 2.45) is 5.73 Å². The van der Waals surface area contributed by atoms with Gasteiger partial charge in [0.05, 0.1) is 24.1 Å². The third-order valence-electron chi connectivity index (χ3n) is 5.01. The predicted molar refractivity (Wildman–Crippen MR) is 114 cm³/mol. The van der Waals surface area contributed by atoms with Crippen molar-refractivity contribution in [3.05, 3.63) is 83.8 Å². The standard InChI is InChI=1S/C23H21FN4O2/c1-30-18-7-3-5-16(11-18)21(13-25)26-23(29)17-6-2-4-14(10-17)15-8-9-20-19(12-15)22(24)28-27-20/h2-12,21H,13,25H2,1H3,(H,26,29)(H,27,28)/t21-/m1/s1. The van der Waals surface area contributed by atoms with Gasteiger partial charge in [-0.2, -0.15) is 4.39 Å². The summed E-state index contributed by atoms with van der Waals surface area (Å²) < 4.78 is 19.1. The summed E-state index contributed by atoms with van der Waals surface area (Å²) in [6, 6.07) is 19.6. The lowest BCUT2D eigenvalue weighted by atomic mass is 10.0. The fraction of sp³-hybridized carbons (Fsp3) is 0.130. The number of hydrogen-bond donors (Lipinski definition) is 3. The van der Waals surface area contributed by atoms with E-state index in [1.807, 2.05) is 36.4 Å². The van der Waals surface area contributed by atoms with Gasteiger partial charge in [0.2, 0.25) is 5.95 Å². The van der Waals surface area contributed by atoms with Crippen LogP contribution in [0.1, 0.15) is 22.0 Å². The number of ether oxygens (including phenoxy) is 1. The number of aromatic nitrogens is 2. The van der Waals surface area contributed by atoms with Crippen molar-refractivity contribution < 1.29 is 13.9 Å². The van der Waals surface area contributed by atoms with Gasteiger partial charge in [0, 0.05) is 12.1 Å². The first-order valence-electron chi connectivity index (χ1n) is 9.48. The maximum atomic E-state index is 13.8. The molecule has 0 spiro atoms. The summed E-state index contributed by atoms with van der Waals surface area (Å²) in [5, 5.41) is 9.60. The quantitative estimate of drug-likeness (QED) is 0.456. The second kappa shape index (κ2) is 8.34. The van der Waals surface area contributed by atoms with Crippen LogP contribution in [0.15, 0.2) is 66.7 Å². The second-order valence-corrected chi connectivity index (χ2v) is 6.89. The van der Waals surface area contributed by atoms with Crippen LogP contribution in [0.4, 0.5) is 4.39 Å². The summed E-state index contributed by atoms with van der Waals surface area (Å²) in [6.07, 6.45) is 0. The van der Waals surface area contributed by atoms with Crippen LogP contribution in [0, 0.1) is 5.95 Å². The van der Waals surface area contributed by atoms with E-state index in [9.17, 15) is 9.18 Å². The highest BCUT2D eigenvalue weighted by Crippen LogP contribution is 2.26. The minimum atomic E-state index is -0.551. The molecule has 0 radical (unpaired) electrons. The third kappa shape index (κ3) is 3.88. The molecule has 7 heteroatoms. The molecule has 0 fully saturated rings. The zero-order valence-corrected chi connectivity index (χ0v) is 16.4. The van der Waals surface area contributed by atoms with Crippen molar-refractivity contribution in [3.8, 4) is 16.9 Å². The molecule has 0 aliphatic rings. The van der Waals surface area contributed by atoms with Crippen molar-refractivity contribution in [3.63, 3.8) is 0 Å². The van der Waals surface area contributed by atoms with Gasteiger partial charge < -0.3 is 15.8 Å². The summed E-state index contributed by atoms with van der Waals surface area (Å²) in [5.74, 6) is -0.0976. The number of rotatable bonds is 6. The average Bonchev–Trinajstić information content (AvgIpc) is 3.17. The Morgan fingerprint density at radius 2 is 1.93 bits per heavy atom. The Morgan fingerprint density at radius 1 is 1.13 bits per heavy atom. The molecule has 0 unspecified atom stereocenters.